The maximum Gasteiger partial charge on any atom is 0.472 e. The van der Waals surface area contributed by atoms with E-state index in [4.69, 9.17) is 37.0 Å². The van der Waals surface area contributed by atoms with Crippen molar-refractivity contribution in [2.24, 2.45) is 17.8 Å². The van der Waals surface area contributed by atoms with Gasteiger partial charge >= 0.3 is 39.5 Å². The smallest absolute Gasteiger partial charge is 0.462 e. The summed E-state index contributed by atoms with van der Waals surface area (Å²) in [6.45, 7) is 11.9. The third kappa shape index (κ3) is 72.5. The zero-order valence-corrected chi connectivity index (χ0v) is 66.9. The molecule has 0 aliphatic heterocycles. The van der Waals surface area contributed by atoms with Gasteiger partial charge in [0, 0.05) is 25.7 Å². The molecular formula is C81H154O17P2. The molecule has 590 valence electrons. The molecule has 0 saturated carbocycles. The average Bonchev–Trinajstić information content (AvgIpc) is 0.938. The topological polar surface area (TPSA) is 237 Å². The molecule has 0 saturated heterocycles. The second-order valence-corrected chi connectivity index (χ2v) is 32.6. The normalized spacial score (nSPS) is 14.4. The van der Waals surface area contributed by atoms with Gasteiger partial charge in [-0.25, -0.2) is 9.13 Å². The molecule has 0 aromatic heterocycles. The fourth-order valence-electron chi connectivity index (χ4n) is 11.9. The zero-order chi connectivity index (χ0) is 73.7. The van der Waals surface area contributed by atoms with Crippen molar-refractivity contribution >= 4 is 39.5 Å². The lowest BCUT2D eigenvalue weighted by molar-refractivity contribution is -0.161. The molecule has 0 aliphatic carbocycles. The Balaban J connectivity index is 5.24. The molecule has 0 radical (unpaired) electrons. The van der Waals surface area contributed by atoms with Crippen LogP contribution in [-0.4, -0.2) is 96.7 Å². The fraction of sp³-hybridized carbons (Fsp3) is 0.901. The van der Waals surface area contributed by atoms with Crippen LogP contribution in [0.2, 0.25) is 0 Å². The summed E-state index contributed by atoms with van der Waals surface area (Å²) in [6.07, 6.45) is 61.9. The van der Waals surface area contributed by atoms with Gasteiger partial charge in [0.25, 0.3) is 0 Å². The van der Waals surface area contributed by atoms with Crippen LogP contribution < -0.4 is 0 Å². The molecule has 0 fully saturated rings. The molecule has 100 heavy (non-hydrogen) atoms. The van der Waals surface area contributed by atoms with E-state index in [1.165, 1.54) is 180 Å². The first-order valence-electron chi connectivity index (χ1n) is 41.2. The van der Waals surface area contributed by atoms with Crippen LogP contribution in [0.3, 0.4) is 0 Å². The van der Waals surface area contributed by atoms with E-state index in [2.05, 4.69) is 72.8 Å². The number of carbonyl (C=O) groups excluding carboxylic acids is 4. The standard InChI is InChI=1S/C81H154O17P2/c1-8-10-11-12-13-14-15-16-21-25-28-34-41-48-55-62-78(83)91-68-76(97-81(86)65-58-51-43-36-31-30-33-40-47-54-61-74(7)9-2)70-95-99(87,88)93-66-75(82)67-94-100(89,90)96-71-77(69-92-79(84)63-56-49-44-37-39-46-53-60-73(5)6)98-80(85)64-57-50-42-35-29-26-23-20-18-17-19-22-24-27-32-38-45-52-59-72(3)4/h14-16,21,72-77,82H,8-13,17-20,22-71H2,1-7H3,(H,87,88)(H,89,90)/b15-14-,21-16-/t74?,75?,76-,77-/m1/s1. The summed E-state index contributed by atoms with van der Waals surface area (Å²) in [5.41, 5.74) is 0. The Morgan fingerprint density at radius 1 is 0.330 bits per heavy atom. The van der Waals surface area contributed by atoms with Crippen LogP contribution in [0.5, 0.6) is 0 Å². The van der Waals surface area contributed by atoms with Crippen LogP contribution in [0.1, 0.15) is 395 Å². The number of phosphoric ester groups is 2. The van der Waals surface area contributed by atoms with E-state index in [0.717, 1.165) is 127 Å². The summed E-state index contributed by atoms with van der Waals surface area (Å²) in [5, 5.41) is 10.6. The van der Waals surface area contributed by atoms with Gasteiger partial charge in [-0.15, -0.1) is 0 Å². The summed E-state index contributed by atoms with van der Waals surface area (Å²) >= 11 is 0. The number of allylic oxidation sites excluding steroid dienone is 4. The molecule has 17 nitrogen and oxygen atoms in total. The lowest BCUT2D eigenvalue weighted by atomic mass is 9.99. The van der Waals surface area contributed by atoms with Gasteiger partial charge in [0.15, 0.2) is 12.2 Å². The first-order valence-corrected chi connectivity index (χ1v) is 44.2. The van der Waals surface area contributed by atoms with Crippen molar-refractivity contribution in [1.29, 1.82) is 0 Å². The summed E-state index contributed by atoms with van der Waals surface area (Å²) < 4.78 is 68.6. The Hall–Kier alpha value is -2.46. The zero-order valence-electron chi connectivity index (χ0n) is 65.2. The van der Waals surface area contributed by atoms with Crippen molar-refractivity contribution in [1.82, 2.24) is 0 Å². The first kappa shape index (κ1) is 97.5. The number of ether oxygens (including phenoxy) is 4. The van der Waals surface area contributed by atoms with E-state index < -0.39 is 97.5 Å². The van der Waals surface area contributed by atoms with Gasteiger partial charge in [-0.05, 0) is 69.1 Å². The molecule has 0 amide bonds. The van der Waals surface area contributed by atoms with E-state index >= 15 is 0 Å². The van der Waals surface area contributed by atoms with Gasteiger partial charge in [-0.2, -0.15) is 0 Å². The van der Waals surface area contributed by atoms with Crippen LogP contribution in [-0.2, 0) is 65.4 Å². The molecule has 4 unspecified atom stereocenters. The Morgan fingerprint density at radius 2 is 0.590 bits per heavy atom. The Bertz CT molecular complexity index is 2040. The molecular weight excluding hydrogens is 1310 g/mol. The number of aliphatic hydroxyl groups is 1. The van der Waals surface area contributed by atoms with Crippen molar-refractivity contribution in [3.8, 4) is 0 Å². The largest absolute Gasteiger partial charge is 0.472 e. The molecule has 0 aromatic rings. The minimum absolute atomic E-state index is 0.0992. The van der Waals surface area contributed by atoms with Crippen LogP contribution in [0.15, 0.2) is 24.3 Å². The van der Waals surface area contributed by atoms with Crippen molar-refractivity contribution in [3.63, 3.8) is 0 Å². The highest BCUT2D eigenvalue weighted by atomic mass is 31.2. The Labute approximate surface area is 612 Å². The van der Waals surface area contributed by atoms with E-state index in [1.807, 2.05) is 0 Å². The molecule has 0 rings (SSSR count). The lowest BCUT2D eigenvalue weighted by Gasteiger charge is -2.21. The van der Waals surface area contributed by atoms with Crippen LogP contribution in [0.4, 0.5) is 0 Å². The summed E-state index contributed by atoms with van der Waals surface area (Å²) in [5.74, 6) is 0.179. The van der Waals surface area contributed by atoms with Gasteiger partial charge in [0.1, 0.15) is 19.3 Å². The summed E-state index contributed by atoms with van der Waals surface area (Å²) in [4.78, 5) is 73.0. The van der Waals surface area contributed by atoms with Crippen molar-refractivity contribution in [2.45, 2.75) is 414 Å². The van der Waals surface area contributed by atoms with Crippen LogP contribution in [0, 0.1) is 17.8 Å². The molecule has 0 aromatic carbocycles. The number of carbonyl (C=O) groups is 4. The van der Waals surface area contributed by atoms with Crippen LogP contribution in [0.25, 0.3) is 0 Å². The maximum absolute atomic E-state index is 13.1. The number of rotatable bonds is 77. The molecule has 0 aliphatic rings. The third-order valence-corrected chi connectivity index (χ3v) is 20.5. The molecule has 0 heterocycles. The van der Waals surface area contributed by atoms with E-state index in [-0.39, 0.29) is 25.7 Å². The third-order valence-electron chi connectivity index (χ3n) is 18.6. The molecule has 19 heteroatoms. The highest BCUT2D eigenvalue weighted by Crippen LogP contribution is 2.45. The van der Waals surface area contributed by atoms with Gasteiger partial charge in [-0.3, -0.25) is 37.3 Å². The quantitative estimate of drug-likeness (QED) is 0.0169. The number of phosphoric acid groups is 2. The highest BCUT2D eigenvalue weighted by Gasteiger charge is 2.30. The number of esters is 4. The van der Waals surface area contributed by atoms with Crippen LogP contribution >= 0.6 is 15.6 Å². The molecule has 0 spiro atoms. The minimum atomic E-state index is -4.97. The molecule has 6 atom stereocenters. The first-order chi connectivity index (χ1) is 48.3. The number of unbranched alkanes of at least 4 members (excludes halogenated alkanes) is 41. The van der Waals surface area contributed by atoms with Crippen molar-refractivity contribution < 1.29 is 80.2 Å². The van der Waals surface area contributed by atoms with Crippen molar-refractivity contribution in [2.75, 3.05) is 39.6 Å². The van der Waals surface area contributed by atoms with E-state index in [9.17, 15) is 43.2 Å². The van der Waals surface area contributed by atoms with E-state index in [0.29, 0.717) is 31.6 Å². The monoisotopic (exact) mass is 1460 g/mol. The second kappa shape index (κ2) is 70.8. The number of hydrogen-bond donors (Lipinski definition) is 3. The predicted molar refractivity (Wildman–Crippen MR) is 409 cm³/mol. The molecule has 0 bridgehead atoms. The van der Waals surface area contributed by atoms with Crippen molar-refractivity contribution in [3.05, 3.63) is 24.3 Å². The fourth-order valence-corrected chi connectivity index (χ4v) is 13.5. The van der Waals surface area contributed by atoms with Gasteiger partial charge in [0.05, 0.1) is 26.4 Å². The van der Waals surface area contributed by atoms with Gasteiger partial charge in [0.2, 0.25) is 0 Å². The Kier molecular flexibility index (Phi) is 69.1. The SMILES string of the molecule is CCCCCC/C=C\C=C/CCCCCCCC(=O)OC[C@H](COP(=O)(O)OCC(O)COP(=O)(O)OC[C@@H](COC(=O)CCCCCCCCCC(C)C)OC(=O)CCCCCCCCCCCCCCCCCCCCC(C)C)OC(=O)CCCCCCCCCCCCC(C)CC. The van der Waals surface area contributed by atoms with Gasteiger partial charge < -0.3 is 33.8 Å². The number of hydrogen-bond acceptors (Lipinski definition) is 15. The molecule has 3 N–H and O–H groups in total. The summed E-state index contributed by atoms with van der Waals surface area (Å²) in [7, 11) is -9.93. The average molecular weight is 1460 g/mol. The summed E-state index contributed by atoms with van der Waals surface area (Å²) in [6, 6.07) is 0. The highest BCUT2D eigenvalue weighted by molar-refractivity contribution is 7.47. The maximum atomic E-state index is 13.1. The van der Waals surface area contributed by atoms with E-state index in [1.54, 1.807) is 0 Å². The Morgan fingerprint density at radius 3 is 0.890 bits per heavy atom. The second-order valence-electron chi connectivity index (χ2n) is 29.7. The number of aliphatic hydroxyl groups excluding tert-OH is 1. The lowest BCUT2D eigenvalue weighted by Crippen LogP contribution is -2.30. The minimum Gasteiger partial charge on any atom is -0.462 e. The van der Waals surface area contributed by atoms with Gasteiger partial charge in [-0.1, -0.05) is 342 Å². The predicted octanol–water partition coefficient (Wildman–Crippen LogP) is 23.7.